The quantitative estimate of drug-likeness (QED) is 0.0257. The number of ether oxygens (including phenoxy) is 6. The van der Waals surface area contributed by atoms with Crippen molar-refractivity contribution < 1.29 is 89.4 Å². The molecule has 0 aliphatic carbocycles. The molecule has 0 bridgehead atoms. The lowest BCUT2D eigenvalue weighted by atomic mass is 9.96. The molecule has 19 heteroatoms. The predicted octanol–water partition coefficient (Wildman–Crippen LogP) is 5.71. The minimum absolute atomic E-state index is 0.251. The van der Waals surface area contributed by atoms with Crippen LogP contribution in [-0.2, 0) is 33.2 Å². The van der Waals surface area contributed by atoms with Crippen molar-refractivity contribution >= 4 is 5.91 Å². The molecule has 0 aromatic rings. The van der Waals surface area contributed by atoms with Crippen molar-refractivity contribution in [3.63, 3.8) is 0 Å². The topological polar surface area (TPSA) is 307 Å². The van der Waals surface area contributed by atoms with E-state index in [0.29, 0.717) is 12.8 Å². The lowest BCUT2D eigenvalue weighted by Gasteiger charge is -2.48. The van der Waals surface area contributed by atoms with Crippen LogP contribution < -0.4 is 5.32 Å². The van der Waals surface area contributed by atoms with E-state index in [4.69, 9.17) is 28.4 Å². The first kappa shape index (κ1) is 71.3. The molecule has 3 aliphatic rings. The third-order valence-electron chi connectivity index (χ3n) is 15.5. The van der Waals surface area contributed by atoms with E-state index >= 15 is 0 Å². The van der Waals surface area contributed by atoms with E-state index in [-0.39, 0.29) is 18.9 Å². The highest BCUT2D eigenvalue weighted by molar-refractivity contribution is 5.76. The molecule has 462 valence electrons. The van der Waals surface area contributed by atoms with Gasteiger partial charge in [-0.05, 0) is 51.4 Å². The number of hydrogen-bond donors (Lipinski definition) is 12. The van der Waals surface area contributed by atoms with Crippen LogP contribution in [0.4, 0.5) is 0 Å². The van der Waals surface area contributed by atoms with E-state index in [1.54, 1.807) is 0 Å². The summed E-state index contributed by atoms with van der Waals surface area (Å²) in [5.74, 6) is -0.256. The molecule has 3 heterocycles. The molecule has 0 radical (unpaired) electrons. The van der Waals surface area contributed by atoms with Crippen LogP contribution in [0.2, 0.25) is 0 Å². The number of carbonyl (C=O) groups is 1. The summed E-state index contributed by atoms with van der Waals surface area (Å²) in [6.45, 7) is 1.76. The zero-order valence-corrected chi connectivity index (χ0v) is 48.1. The number of aliphatic hydroxyl groups is 11. The molecule has 19 nitrogen and oxygen atoms in total. The molecular weight excluding hydrogens is 1020 g/mol. The van der Waals surface area contributed by atoms with E-state index < -0.39 is 124 Å². The van der Waals surface area contributed by atoms with Crippen molar-refractivity contribution in [1.82, 2.24) is 5.32 Å². The highest BCUT2D eigenvalue weighted by atomic mass is 16.8. The first-order valence-corrected chi connectivity index (χ1v) is 30.7. The Morgan fingerprint density at radius 1 is 0.456 bits per heavy atom. The van der Waals surface area contributed by atoms with Gasteiger partial charge >= 0.3 is 0 Å². The van der Waals surface area contributed by atoms with Gasteiger partial charge in [-0.3, -0.25) is 4.79 Å². The molecule has 79 heavy (non-hydrogen) atoms. The zero-order valence-electron chi connectivity index (χ0n) is 48.1. The van der Waals surface area contributed by atoms with Crippen LogP contribution >= 0.6 is 0 Å². The average Bonchev–Trinajstić information content (AvgIpc) is 3.45. The zero-order chi connectivity index (χ0) is 57.6. The molecule has 3 fully saturated rings. The summed E-state index contributed by atoms with van der Waals surface area (Å²) in [6, 6.07) is -0.893. The molecule has 1 amide bonds. The molecule has 3 aliphatic heterocycles. The first-order chi connectivity index (χ1) is 38.3. The SMILES string of the molecule is CCCCCCC/C=C\C/C=C\C/C=C\CCCCCCCCC(=O)NC(COC1OC(CO)C(OC2OC(CO)C(OC3OC(CO)C(O)C(O)C3O)C(O)C2O)C(O)C1O)C(O)CCCCCCCCCCCCCCC. The van der Waals surface area contributed by atoms with Crippen LogP contribution in [0, 0.1) is 0 Å². The smallest absolute Gasteiger partial charge is 0.220 e. The fourth-order valence-electron chi connectivity index (χ4n) is 10.4. The number of allylic oxidation sites excluding steroid dienone is 6. The summed E-state index contributed by atoms with van der Waals surface area (Å²) >= 11 is 0. The van der Waals surface area contributed by atoms with Gasteiger partial charge in [-0.1, -0.05) is 185 Å². The molecule has 0 saturated carbocycles. The third kappa shape index (κ3) is 27.5. The van der Waals surface area contributed by atoms with Crippen molar-refractivity contribution in [3.8, 4) is 0 Å². The van der Waals surface area contributed by atoms with E-state index in [1.807, 2.05) is 0 Å². The van der Waals surface area contributed by atoms with Gasteiger partial charge in [-0.15, -0.1) is 0 Å². The molecule has 3 rings (SSSR count). The number of unbranched alkanes of at least 4 members (excludes halogenated alkanes) is 23. The van der Waals surface area contributed by atoms with Crippen molar-refractivity contribution in [3.05, 3.63) is 36.5 Å². The number of amides is 1. The van der Waals surface area contributed by atoms with E-state index in [2.05, 4.69) is 55.6 Å². The number of nitrogens with one attached hydrogen (secondary N) is 1. The Morgan fingerprint density at radius 3 is 1.30 bits per heavy atom. The van der Waals surface area contributed by atoms with Crippen molar-refractivity contribution in [2.45, 2.75) is 311 Å². The Balaban J connectivity index is 1.48. The fraction of sp³-hybridized carbons (Fsp3) is 0.883. The maximum absolute atomic E-state index is 13.3. The van der Waals surface area contributed by atoms with Gasteiger partial charge in [0.2, 0.25) is 5.91 Å². The maximum Gasteiger partial charge on any atom is 0.220 e. The van der Waals surface area contributed by atoms with Crippen LogP contribution in [0.15, 0.2) is 36.5 Å². The van der Waals surface area contributed by atoms with Gasteiger partial charge in [0.1, 0.15) is 73.2 Å². The van der Waals surface area contributed by atoms with E-state index in [1.165, 1.54) is 96.3 Å². The summed E-state index contributed by atoms with van der Waals surface area (Å²) in [5.41, 5.74) is 0. The minimum atomic E-state index is -1.97. The van der Waals surface area contributed by atoms with Crippen molar-refractivity contribution in [2.75, 3.05) is 26.4 Å². The summed E-state index contributed by atoms with van der Waals surface area (Å²) in [5, 5.41) is 120. The number of hydrogen-bond acceptors (Lipinski definition) is 18. The summed E-state index contributed by atoms with van der Waals surface area (Å²) in [7, 11) is 0. The second kappa shape index (κ2) is 43.6. The largest absolute Gasteiger partial charge is 0.394 e. The molecule has 0 spiro atoms. The summed E-state index contributed by atoms with van der Waals surface area (Å²) < 4.78 is 34.3. The monoisotopic (exact) mass is 1130 g/mol. The summed E-state index contributed by atoms with van der Waals surface area (Å²) in [6.07, 6.45) is 19.4. The second-order valence-electron chi connectivity index (χ2n) is 22.2. The Labute approximate surface area is 472 Å². The van der Waals surface area contributed by atoms with Crippen LogP contribution in [0.25, 0.3) is 0 Å². The Bertz CT molecular complexity index is 1590. The van der Waals surface area contributed by atoms with Crippen LogP contribution in [0.3, 0.4) is 0 Å². The Kier molecular flexibility index (Phi) is 39.4. The Hall–Kier alpha value is -1.99. The van der Waals surface area contributed by atoms with Crippen molar-refractivity contribution in [2.24, 2.45) is 0 Å². The molecule has 3 saturated heterocycles. The molecular formula is C60H109NO18. The molecule has 17 atom stereocenters. The van der Waals surface area contributed by atoms with Crippen LogP contribution in [0.1, 0.15) is 206 Å². The number of aliphatic hydroxyl groups excluding tert-OH is 11. The van der Waals surface area contributed by atoms with E-state index in [9.17, 15) is 61.0 Å². The lowest BCUT2D eigenvalue weighted by Crippen LogP contribution is -2.66. The predicted molar refractivity (Wildman–Crippen MR) is 300 cm³/mol. The maximum atomic E-state index is 13.3. The Morgan fingerprint density at radius 2 is 0.835 bits per heavy atom. The summed E-state index contributed by atoms with van der Waals surface area (Å²) in [4.78, 5) is 13.3. The van der Waals surface area contributed by atoms with Gasteiger partial charge in [-0.25, -0.2) is 0 Å². The van der Waals surface area contributed by atoms with Crippen LogP contribution in [0.5, 0.6) is 0 Å². The van der Waals surface area contributed by atoms with Gasteiger partial charge in [-0.2, -0.15) is 0 Å². The highest BCUT2D eigenvalue weighted by Gasteiger charge is 2.53. The van der Waals surface area contributed by atoms with Gasteiger partial charge in [0.15, 0.2) is 18.9 Å². The lowest BCUT2D eigenvalue weighted by molar-refractivity contribution is -0.379. The first-order valence-electron chi connectivity index (χ1n) is 30.7. The number of carbonyl (C=O) groups excluding carboxylic acids is 1. The fourth-order valence-corrected chi connectivity index (χ4v) is 10.4. The molecule has 0 aromatic carbocycles. The highest BCUT2D eigenvalue weighted by Crippen LogP contribution is 2.33. The van der Waals surface area contributed by atoms with E-state index in [0.717, 1.165) is 77.0 Å². The van der Waals surface area contributed by atoms with Gasteiger partial charge in [0.05, 0.1) is 38.6 Å². The minimum Gasteiger partial charge on any atom is -0.394 e. The van der Waals surface area contributed by atoms with Gasteiger partial charge < -0.3 is 89.9 Å². The number of rotatable bonds is 45. The molecule has 12 N–H and O–H groups in total. The standard InChI is InChI=1S/C60H109NO18/c1-3-5-7-9-11-13-15-17-18-19-20-21-22-23-24-26-28-30-32-34-36-38-48(66)61-43(44(65)37-35-33-31-29-27-25-16-14-12-10-8-6-4-2)42-74-58-54(72)51(69)56(46(40-63)76-58)79-60-55(73)52(70)57(47(41-64)77-60)78-59-53(71)50(68)49(67)45(39-62)75-59/h15,17,19-20,22-23,43-47,49-60,62-65,67-73H,3-14,16,18,21,24-42H2,1-2H3,(H,61,66)/b17-15-,20-19-,23-22-. The van der Waals surface area contributed by atoms with Crippen molar-refractivity contribution in [1.29, 1.82) is 0 Å². The average molecular weight is 1130 g/mol. The van der Waals surface area contributed by atoms with Crippen LogP contribution in [-0.4, -0.2) is 193 Å². The second-order valence-corrected chi connectivity index (χ2v) is 22.2. The van der Waals surface area contributed by atoms with Gasteiger partial charge in [0, 0.05) is 6.42 Å². The molecule has 0 aromatic heterocycles. The normalized spacial score (nSPS) is 30.5. The molecule has 17 unspecified atom stereocenters. The third-order valence-corrected chi connectivity index (χ3v) is 15.5. The van der Waals surface area contributed by atoms with Gasteiger partial charge in [0.25, 0.3) is 0 Å².